The van der Waals surface area contributed by atoms with Crippen molar-refractivity contribution in [3.05, 3.63) is 0 Å². The Kier molecular flexibility index (Phi) is 3.66. The minimum atomic E-state index is 0.0837. The summed E-state index contributed by atoms with van der Waals surface area (Å²) in [6, 6.07) is 0.661. The summed E-state index contributed by atoms with van der Waals surface area (Å²) in [7, 11) is 0. The van der Waals surface area contributed by atoms with Gasteiger partial charge in [-0.25, -0.2) is 0 Å². The number of nitrogens with zero attached hydrogens (tertiary/aromatic N) is 2. The lowest BCUT2D eigenvalue weighted by Gasteiger charge is -2.36. The van der Waals surface area contributed by atoms with Gasteiger partial charge in [0.25, 0.3) is 0 Å². The highest BCUT2D eigenvalue weighted by atomic mass is 16.2. The van der Waals surface area contributed by atoms with Gasteiger partial charge in [0.15, 0.2) is 0 Å². The molecule has 0 aliphatic carbocycles. The van der Waals surface area contributed by atoms with Crippen LogP contribution in [-0.4, -0.2) is 59.9 Å². The van der Waals surface area contributed by atoms with Gasteiger partial charge in [-0.3, -0.25) is 9.59 Å². The van der Waals surface area contributed by atoms with Crippen molar-refractivity contribution in [1.82, 2.24) is 15.1 Å². The van der Waals surface area contributed by atoms with Crippen LogP contribution in [0, 0.1) is 0 Å². The monoisotopic (exact) mass is 239 g/mol. The van der Waals surface area contributed by atoms with Crippen molar-refractivity contribution in [1.29, 1.82) is 0 Å². The molecule has 0 aromatic heterocycles. The van der Waals surface area contributed by atoms with E-state index in [1.54, 1.807) is 4.90 Å². The zero-order chi connectivity index (χ0) is 12.4. The molecule has 2 atom stereocenters. The van der Waals surface area contributed by atoms with Gasteiger partial charge < -0.3 is 15.1 Å². The number of rotatable bonds is 2. The van der Waals surface area contributed by atoms with E-state index in [9.17, 15) is 9.59 Å². The van der Waals surface area contributed by atoms with E-state index in [4.69, 9.17) is 0 Å². The number of carbonyl (C=O) groups excluding carboxylic acids is 2. The zero-order valence-corrected chi connectivity index (χ0v) is 10.6. The molecule has 2 saturated heterocycles. The second-order valence-corrected chi connectivity index (χ2v) is 5.19. The van der Waals surface area contributed by atoms with Crippen LogP contribution in [0.15, 0.2) is 0 Å². The van der Waals surface area contributed by atoms with E-state index in [0.29, 0.717) is 18.5 Å². The number of nitrogens with one attached hydrogen (secondary N) is 1. The highest BCUT2D eigenvalue weighted by Crippen LogP contribution is 2.11. The Balaban J connectivity index is 1.88. The lowest BCUT2D eigenvalue weighted by atomic mass is 10.1. The van der Waals surface area contributed by atoms with Gasteiger partial charge in [0, 0.05) is 38.1 Å². The number of piperazine rings is 1. The van der Waals surface area contributed by atoms with Crippen molar-refractivity contribution in [3.8, 4) is 0 Å². The smallest absolute Gasteiger partial charge is 0.242 e. The van der Waals surface area contributed by atoms with Crippen LogP contribution in [0.1, 0.15) is 26.7 Å². The summed E-state index contributed by atoms with van der Waals surface area (Å²) >= 11 is 0. The van der Waals surface area contributed by atoms with E-state index in [-0.39, 0.29) is 18.4 Å². The highest BCUT2D eigenvalue weighted by molar-refractivity contribution is 5.86. The van der Waals surface area contributed by atoms with E-state index in [2.05, 4.69) is 19.2 Å². The Labute approximate surface area is 102 Å². The van der Waals surface area contributed by atoms with Crippen LogP contribution >= 0.6 is 0 Å². The average molecular weight is 239 g/mol. The molecule has 0 aromatic rings. The van der Waals surface area contributed by atoms with E-state index in [1.807, 2.05) is 4.90 Å². The third kappa shape index (κ3) is 2.97. The van der Waals surface area contributed by atoms with Crippen molar-refractivity contribution >= 4 is 11.8 Å². The quantitative estimate of drug-likeness (QED) is 0.727. The van der Waals surface area contributed by atoms with Gasteiger partial charge in [0.05, 0.1) is 6.54 Å². The molecule has 0 radical (unpaired) electrons. The first kappa shape index (κ1) is 12.4. The Bertz CT molecular complexity index is 309. The molecule has 0 unspecified atom stereocenters. The van der Waals surface area contributed by atoms with Crippen LogP contribution in [0.4, 0.5) is 0 Å². The molecule has 0 aromatic carbocycles. The molecule has 2 aliphatic heterocycles. The van der Waals surface area contributed by atoms with Crippen LogP contribution in [-0.2, 0) is 9.59 Å². The molecule has 0 saturated carbocycles. The third-order valence-corrected chi connectivity index (χ3v) is 3.41. The molecule has 96 valence electrons. The van der Waals surface area contributed by atoms with Crippen LogP contribution in [0.3, 0.4) is 0 Å². The normalized spacial score (nSPS) is 29.9. The number of hydrogen-bond donors (Lipinski definition) is 1. The molecule has 1 N–H and O–H groups in total. The van der Waals surface area contributed by atoms with Gasteiger partial charge in [-0.2, -0.15) is 0 Å². The minimum Gasteiger partial charge on any atom is -0.338 e. The lowest BCUT2D eigenvalue weighted by molar-refractivity contribution is -0.139. The molecule has 0 bridgehead atoms. The van der Waals surface area contributed by atoms with Gasteiger partial charge >= 0.3 is 0 Å². The van der Waals surface area contributed by atoms with Crippen LogP contribution in [0.25, 0.3) is 0 Å². The zero-order valence-electron chi connectivity index (χ0n) is 10.6. The van der Waals surface area contributed by atoms with Crippen molar-refractivity contribution in [3.63, 3.8) is 0 Å². The fourth-order valence-electron chi connectivity index (χ4n) is 2.66. The van der Waals surface area contributed by atoms with Gasteiger partial charge in [-0.1, -0.05) is 0 Å². The summed E-state index contributed by atoms with van der Waals surface area (Å²) in [6.07, 6.45) is 1.49. The summed E-state index contributed by atoms with van der Waals surface area (Å²) < 4.78 is 0. The Morgan fingerprint density at radius 1 is 1.35 bits per heavy atom. The summed E-state index contributed by atoms with van der Waals surface area (Å²) in [6.45, 7) is 6.64. The van der Waals surface area contributed by atoms with Gasteiger partial charge in [-0.05, 0) is 20.3 Å². The first-order valence-corrected chi connectivity index (χ1v) is 6.38. The number of amides is 2. The Morgan fingerprint density at radius 2 is 2.00 bits per heavy atom. The van der Waals surface area contributed by atoms with Gasteiger partial charge in [0.2, 0.25) is 11.8 Å². The maximum atomic E-state index is 12.1. The molecular formula is C12H21N3O2. The molecule has 0 spiro atoms. The lowest BCUT2D eigenvalue weighted by Crippen LogP contribution is -2.57. The van der Waals surface area contributed by atoms with Crippen molar-refractivity contribution in [2.24, 2.45) is 0 Å². The van der Waals surface area contributed by atoms with Gasteiger partial charge in [-0.15, -0.1) is 0 Å². The summed E-state index contributed by atoms with van der Waals surface area (Å²) in [5, 5.41) is 3.39. The average Bonchev–Trinajstić information content (AvgIpc) is 2.63. The molecule has 2 heterocycles. The van der Waals surface area contributed by atoms with Gasteiger partial charge in [0.1, 0.15) is 0 Å². The summed E-state index contributed by atoms with van der Waals surface area (Å²) in [4.78, 5) is 27.1. The number of hydrogen-bond acceptors (Lipinski definition) is 3. The highest BCUT2D eigenvalue weighted by Gasteiger charge is 2.28. The molecular weight excluding hydrogens is 218 g/mol. The summed E-state index contributed by atoms with van der Waals surface area (Å²) in [5.41, 5.74) is 0. The molecule has 2 amide bonds. The molecule has 2 aliphatic rings. The van der Waals surface area contributed by atoms with Crippen molar-refractivity contribution in [2.75, 3.05) is 26.2 Å². The third-order valence-electron chi connectivity index (χ3n) is 3.41. The second kappa shape index (κ2) is 5.04. The maximum absolute atomic E-state index is 12.1. The first-order chi connectivity index (χ1) is 8.06. The topological polar surface area (TPSA) is 52.7 Å². The van der Waals surface area contributed by atoms with Crippen molar-refractivity contribution < 1.29 is 9.59 Å². The van der Waals surface area contributed by atoms with Crippen LogP contribution < -0.4 is 5.32 Å². The SMILES string of the molecule is C[C@@H]1CN(C(=O)CN2CCCC2=O)C[C@H](C)N1. The Hall–Kier alpha value is -1.10. The molecule has 5 nitrogen and oxygen atoms in total. The van der Waals surface area contributed by atoms with Crippen LogP contribution in [0.5, 0.6) is 0 Å². The van der Waals surface area contributed by atoms with E-state index in [1.165, 1.54) is 0 Å². The minimum absolute atomic E-state index is 0.0837. The second-order valence-electron chi connectivity index (χ2n) is 5.19. The van der Waals surface area contributed by atoms with Crippen LogP contribution in [0.2, 0.25) is 0 Å². The predicted octanol–water partition coefficient (Wildman–Crippen LogP) is -0.182. The number of carbonyl (C=O) groups is 2. The molecule has 17 heavy (non-hydrogen) atoms. The van der Waals surface area contributed by atoms with E-state index < -0.39 is 0 Å². The molecule has 2 fully saturated rings. The number of likely N-dealkylation sites (tertiary alicyclic amines) is 1. The fraction of sp³-hybridized carbons (Fsp3) is 0.833. The maximum Gasteiger partial charge on any atom is 0.242 e. The Morgan fingerprint density at radius 3 is 2.53 bits per heavy atom. The van der Waals surface area contributed by atoms with E-state index >= 15 is 0 Å². The molecule has 2 rings (SSSR count). The van der Waals surface area contributed by atoms with E-state index in [0.717, 1.165) is 26.1 Å². The van der Waals surface area contributed by atoms with Crippen molar-refractivity contribution in [2.45, 2.75) is 38.8 Å². The standard InChI is InChI=1S/C12H21N3O2/c1-9-6-15(7-10(2)13-9)12(17)8-14-5-3-4-11(14)16/h9-10,13H,3-8H2,1-2H3/t9-,10+. The molecule has 5 heteroatoms. The predicted molar refractivity (Wildman–Crippen MR) is 64.5 cm³/mol. The summed E-state index contributed by atoms with van der Waals surface area (Å²) in [5.74, 6) is 0.204. The fourth-order valence-corrected chi connectivity index (χ4v) is 2.66. The first-order valence-electron chi connectivity index (χ1n) is 6.38. The largest absolute Gasteiger partial charge is 0.338 e.